The first-order chi connectivity index (χ1) is 9.11. The van der Waals surface area contributed by atoms with Crippen LogP contribution in [-0.4, -0.2) is 37.5 Å². The lowest BCUT2D eigenvalue weighted by molar-refractivity contribution is 0.0691. The fourth-order valence-electron chi connectivity index (χ4n) is 2.44. The molecular formula is C14H19Cl2IN2O. The highest BCUT2D eigenvalue weighted by molar-refractivity contribution is 14.1. The summed E-state index contributed by atoms with van der Waals surface area (Å²) in [6.07, 6.45) is 2.16. The minimum Gasteiger partial charge on any atom is -0.339 e. The van der Waals surface area contributed by atoms with Crippen LogP contribution in [0.5, 0.6) is 0 Å². The van der Waals surface area contributed by atoms with E-state index in [0.29, 0.717) is 10.9 Å². The van der Waals surface area contributed by atoms with Gasteiger partial charge in [-0.3, -0.25) is 4.79 Å². The highest BCUT2D eigenvalue weighted by atomic mass is 127. The second kappa shape index (κ2) is 8.41. The molecule has 1 aromatic carbocycles. The molecule has 2 rings (SSSR count). The van der Waals surface area contributed by atoms with E-state index >= 15 is 0 Å². The average molecular weight is 429 g/mol. The highest BCUT2D eigenvalue weighted by Crippen LogP contribution is 2.22. The van der Waals surface area contributed by atoms with Gasteiger partial charge < -0.3 is 10.2 Å². The lowest BCUT2D eigenvalue weighted by Crippen LogP contribution is -2.40. The van der Waals surface area contributed by atoms with E-state index in [2.05, 4.69) is 27.9 Å². The smallest absolute Gasteiger partial charge is 0.253 e. The Labute approximate surface area is 145 Å². The summed E-state index contributed by atoms with van der Waals surface area (Å²) < 4.78 is 0.926. The number of amides is 1. The van der Waals surface area contributed by atoms with Crippen LogP contribution in [-0.2, 0) is 0 Å². The molecule has 1 N–H and O–H groups in total. The summed E-state index contributed by atoms with van der Waals surface area (Å²) in [5, 5.41) is 3.91. The van der Waals surface area contributed by atoms with Gasteiger partial charge in [-0.05, 0) is 73.1 Å². The summed E-state index contributed by atoms with van der Waals surface area (Å²) in [6.45, 7) is 2.75. The standard InChI is InChI=1S/C14H18ClIN2O.ClH/c1-17-9-10-4-6-18(7-5-10)14(19)11-2-3-12(15)13(16)8-11;/h2-3,8,10,17H,4-7,9H2,1H3;1H. The summed E-state index contributed by atoms with van der Waals surface area (Å²) in [5.41, 5.74) is 0.737. The third kappa shape index (κ3) is 4.48. The average Bonchev–Trinajstić information content (AvgIpc) is 2.42. The van der Waals surface area contributed by atoms with Crippen molar-refractivity contribution in [1.82, 2.24) is 10.2 Å². The minimum absolute atomic E-state index is 0. The van der Waals surface area contributed by atoms with Crippen LogP contribution in [0.2, 0.25) is 5.02 Å². The molecular weight excluding hydrogens is 410 g/mol. The van der Waals surface area contributed by atoms with Gasteiger partial charge in [-0.15, -0.1) is 12.4 Å². The molecule has 1 aliphatic rings. The summed E-state index contributed by atoms with van der Waals surface area (Å²) >= 11 is 8.14. The summed E-state index contributed by atoms with van der Waals surface area (Å²) in [6, 6.07) is 5.47. The molecule has 1 fully saturated rings. The largest absolute Gasteiger partial charge is 0.339 e. The van der Waals surface area contributed by atoms with Gasteiger partial charge in [0.15, 0.2) is 0 Å². The number of hydrogen-bond acceptors (Lipinski definition) is 2. The molecule has 1 saturated heterocycles. The number of carbonyl (C=O) groups excluding carboxylic acids is 1. The molecule has 20 heavy (non-hydrogen) atoms. The molecule has 1 heterocycles. The van der Waals surface area contributed by atoms with Crippen molar-refractivity contribution >= 4 is 52.5 Å². The van der Waals surface area contributed by atoms with Crippen LogP contribution in [0, 0.1) is 9.49 Å². The van der Waals surface area contributed by atoms with Gasteiger partial charge in [0, 0.05) is 22.2 Å². The number of piperidine rings is 1. The molecule has 0 radical (unpaired) electrons. The van der Waals surface area contributed by atoms with Crippen molar-refractivity contribution < 1.29 is 4.79 Å². The molecule has 0 bridgehead atoms. The van der Waals surface area contributed by atoms with E-state index in [-0.39, 0.29) is 18.3 Å². The van der Waals surface area contributed by atoms with E-state index in [9.17, 15) is 4.79 Å². The molecule has 1 amide bonds. The second-order valence-corrected chi connectivity index (χ2v) is 6.49. The van der Waals surface area contributed by atoms with Crippen molar-refractivity contribution in [3.8, 4) is 0 Å². The monoisotopic (exact) mass is 428 g/mol. The van der Waals surface area contributed by atoms with Crippen molar-refractivity contribution in [2.75, 3.05) is 26.7 Å². The Bertz CT molecular complexity index is 462. The Morgan fingerprint density at radius 3 is 2.65 bits per heavy atom. The van der Waals surface area contributed by atoms with Gasteiger partial charge in [0.1, 0.15) is 0 Å². The Kier molecular flexibility index (Phi) is 7.58. The van der Waals surface area contributed by atoms with Crippen molar-refractivity contribution in [2.24, 2.45) is 5.92 Å². The Balaban J connectivity index is 0.00000200. The summed E-state index contributed by atoms with van der Waals surface area (Å²) in [4.78, 5) is 14.3. The van der Waals surface area contributed by atoms with Crippen LogP contribution in [0.15, 0.2) is 18.2 Å². The molecule has 0 atom stereocenters. The minimum atomic E-state index is 0. The number of hydrogen-bond donors (Lipinski definition) is 1. The predicted octanol–water partition coefficient (Wildman–Crippen LogP) is 3.44. The molecule has 0 spiro atoms. The van der Waals surface area contributed by atoms with Crippen LogP contribution >= 0.6 is 46.6 Å². The number of benzene rings is 1. The van der Waals surface area contributed by atoms with E-state index in [4.69, 9.17) is 11.6 Å². The van der Waals surface area contributed by atoms with Gasteiger partial charge in [0.25, 0.3) is 5.91 Å². The molecule has 0 aliphatic carbocycles. The van der Waals surface area contributed by atoms with Crippen LogP contribution in [0.4, 0.5) is 0 Å². The fourth-order valence-corrected chi connectivity index (χ4v) is 3.07. The van der Waals surface area contributed by atoms with Gasteiger partial charge in [0.2, 0.25) is 0 Å². The summed E-state index contributed by atoms with van der Waals surface area (Å²) in [7, 11) is 1.98. The zero-order valence-electron chi connectivity index (χ0n) is 11.4. The number of rotatable bonds is 3. The summed E-state index contributed by atoms with van der Waals surface area (Å²) in [5.74, 6) is 0.817. The number of likely N-dealkylation sites (tertiary alicyclic amines) is 1. The first kappa shape index (κ1) is 18.0. The second-order valence-electron chi connectivity index (χ2n) is 4.92. The zero-order chi connectivity index (χ0) is 13.8. The Morgan fingerprint density at radius 1 is 1.45 bits per heavy atom. The maximum Gasteiger partial charge on any atom is 0.253 e. The first-order valence-corrected chi connectivity index (χ1v) is 7.96. The molecule has 0 aromatic heterocycles. The number of nitrogens with zero attached hydrogens (tertiary/aromatic N) is 1. The third-order valence-corrected chi connectivity index (χ3v) is 5.10. The lowest BCUT2D eigenvalue weighted by Gasteiger charge is -2.32. The van der Waals surface area contributed by atoms with Crippen LogP contribution in [0.25, 0.3) is 0 Å². The SMILES string of the molecule is CNCC1CCN(C(=O)c2ccc(Cl)c(I)c2)CC1.Cl. The maximum absolute atomic E-state index is 12.4. The van der Waals surface area contributed by atoms with Crippen molar-refractivity contribution in [1.29, 1.82) is 0 Å². The molecule has 0 saturated carbocycles. The van der Waals surface area contributed by atoms with Crippen molar-refractivity contribution in [3.05, 3.63) is 32.4 Å². The van der Waals surface area contributed by atoms with Crippen molar-refractivity contribution in [2.45, 2.75) is 12.8 Å². The topological polar surface area (TPSA) is 32.3 Å². The van der Waals surface area contributed by atoms with E-state index < -0.39 is 0 Å². The first-order valence-electron chi connectivity index (χ1n) is 6.50. The normalized spacial score (nSPS) is 15.8. The van der Waals surface area contributed by atoms with E-state index in [0.717, 1.165) is 41.6 Å². The van der Waals surface area contributed by atoms with Crippen LogP contribution in [0.1, 0.15) is 23.2 Å². The van der Waals surface area contributed by atoms with E-state index in [1.165, 1.54) is 0 Å². The number of halogens is 3. The van der Waals surface area contributed by atoms with Crippen LogP contribution in [0.3, 0.4) is 0 Å². The van der Waals surface area contributed by atoms with Crippen molar-refractivity contribution in [3.63, 3.8) is 0 Å². The van der Waals surface area contributed by atoms with Gasteiger partial charge in [-0.25, -0.2) is 0 Å². The molecule has 1 aromatic rings. The van der Waals surface area contributed by atoms with E-state index in [1.807, 2.05) is 24.1 Å². The molecule has 6 heteroatoms. The number of nitrogens with one attached hydrogen (secondary N) is 1. The predicted molar refractivity (Wildman–Crippen MR) is 94.0 cm³/mol. The molecule has 3 nitrogen and oxygen atoms in total. The quantitative estimate of drug-likeness (QED) is 0.748. The fraction of sp³-hybridized carbons (Fsp3) is 0.500. The third-order valence-electron chi connectivity index (χ3n) is 3.56. The Morgan fingerprint density at radius 2 is 2.10 bits per heavy atom. The van der Waals surface area contributed by atoms with E-state index in [1.54, 1.807) is 6.07 Å². The molecule has 1 aliphatic heterocycles. The van der Waals surface area contributed by atoms with Gasteiger partial charge in [-0.2, -0.15) is 0 Å². The van der Waals surface area contributed by atoms with Gasteiger partial charge in [-0.1, -0.05) is 11.6 Å². The lowest BCUT2D eigenvalue weighted by atomic mass is 9.96. The highest BCUT2D eigenvalue weighted by Gasteiger charge is 2.23. The Hall–Kier alpha value is -0.0400. The molecule has 112 valence electrons. The zero-order valence-corrected chi connectivity index (χ0v) is 15.1. The maximum atomic E-state index is 12.4. The van der Waals surface area contributed by atoms with Gasteiger partial charge >= 0.3 is 0 Å². The van der Waals surface area contributed by atoms with Crippen LogP contribution < -0.4 is 5.32 Å². The number of carbonyl (C=O) groups is 1. The molecule has 0 unspecified atom stereocenters. The van der Waals surface area contributed by atoms with Gasteiger partial charge in [0.05, 0.1) is 5.02 Å².